The van der Waals surface area contributed by atoms with Crippen LogP contribution in [0.1, 0.15) is 29.8 Å². The van der Waals surface area contributed by atoms with Gasteiger partial charge in [0.2, 0.25) is 10.0 Å². The number of benzene rings is 2. The molecular formula is C19H20Cl2FNO5S. The summed E-state index contributed by atoms with van der Waals surface area (Å²) in [5.74, 6) is -1.34. The number of sulfonamides is 1. The quantitative estimate of drug-likeness (QED) is 0.585. The lowest BCUT2D eigenvalue weighted by Gasteiger charge is -2.13. The highest BCUT2D eigenvalue weighted by Crippen LogP contribution is 2.29. The van der Waals surface area contributed by atoms with E-state index in [4.69, 9.17) is 32.7 Å². The van der Waals surface area contributed by atoms with E-state index in [0.717, 1.165) is 12.1 Å². The summed E-state index contributed by atoms with van der Waals surface area (Å²) in [4.78, 5) is 12.1. The molecule has 0 amide bonds. The van der Waals surface area contributed by atoms with Gasteiger partial charge in [-0.15, -0.1) is 0 Å². The smallest absolute Gasteiger partial charge is 0.340 e. The summed E-state index contributed by atoms with van der Waals surface area (Å²) >= 11 is 12.1. The maximum atomic E-state index is 13.7. The van der Waals surface area contributed by atoms with Gasteiger partial charge in [0.25, 0.3) is 0 Å². The topological polar surface area (TPSA) is 81.7 Å². The summed E-state index contributed by atoms with van der Waals surface area (Å²) < 4.78 is 51.1. The maximum absolute atomic E-state index is 13.7. The van der Waals surface area contributed by atoms with Crippen LogP contribution >= 0.6 is 23.2 Å². The minimum Gasteiger partial charge on any atom is -0.494 e. The van der Waals surface area contributed by atoms with Crippen LogP contribution in [0.3, 0.4) is 0 Å². The molecule has 10 heteroatoms. The molecule has 2 rings (SSSR count). The molecule has 0 unspecified atom stereocenters. The number of rotatable bonds is 8. The average Bonchev–Trinajstić information content (AvgIpc) is 2.64. The van der Waals surface area contributed by atoms with Gasteiger partial charge in [0.15, 0.2) is 11.6 Å². The Morgan fingerprint density at radius 3 is 2.45 bits per heavy atom. The van der Waals surface area contributed by atoms with Crippen molar-refractivity contribution in [1.82, 2.24) is 4.72 Å². The SMILES string of the molecule is COc1ccc(COC(=O)c2cc(S(=O)(=O)NCC(C)C)c(Cl)cc2Cl)cc1F. The minimum absolute atomic E-state index is 0.0598. The van der Waals surface area contributed by atoms with Gasteiger partial charge in [0, 0.05) is 6.54 Å². The molecule has 158 valence electrons. The number of esters is 1. The highest BCUT2D eigenvalue weighted by atomic mass is 35.5. The van der Waals surface area contributed by atoms with Crippen LogP contribution < -0.4 is 9.46 Å². The first-order chi connectivity index (χ1) is 13.5. The summed E-state index contributed by atoms with van der Waals surface area (Å²) in [5, 5.41) is -0.191. The number of hydrogen-bond donors (Lipinski definition) is 1. The summed E-state index contributed by atoms with van der Waals surface area (Å²) in [6.07, 6.45) is 0. The van der Waals surface area contributed by atoms with Crippen molar-refractivity contribution in [2.45, 2.75) is 25.3 Å². The van der Waals surface area contributed by atoms with Gasteiger partial charge >= 0.3 is 5.97 Å². The number of hydrogen-bond acceptors (Lipinski definition) is 5. The Balaban J connectivity index is 2.23. The zero-order valence-electron chi connectivity index (χ0n) is 16.0. The van der Waals surface area contributed by atoms with Crippen molar-refractivity contribution in [3.63, 3.8) is 0 Å². The van der Waals surface area contributed by atoms with Crippen LogP contribution in [0.5, 0.6) is 5.75 Å². The fourth-order valence-corrected chi connectivity index (χ4v) is 4.33. The zero-order chi connectivity index (χ0) is 21.8. The molecule has 0 aliphatic rings. The lowest BCUT2D eigenvalue weighted by molar-refractivity contribution is 0.0472. The lowest BCUT2D eigenvalue weighted by atomic mass is 10.2. The molecule has 0 aliphatic carbocycles. The number of halogens is 3. The van der Waals surface area contributed by atoms with E-state index < -0.39 is 21.8 Å². The van der Waals surface area contributed by atoms with Gasteiger partial charge in [-0.3, -0.25) is 0 Å². The van der Waals surface area contributed by atoms with E-state index >= 15 is 0 Å². The first-order valence-corrected chi connectivity index (χ1v) is 10.8. The van der Waals surface area contributed by atoms with Crippen LogP contribution in [-0.2, 0) is 21.4 Å². The number of methoxy groups -OCH3 is 1. The molecule has 0 aromatic heterocycles. The fourth-order valence-electron chi connectivity index (χ4n) is 2.27. The Morgan fingerprint density at radius 2 is 1.86 bits per heavy atom. The Labute approximate surface area is 179 Å². The van der Waals surface area contributed by atoms with Crippen molar-refractivity contribution in [3.05, 3.63) is 57.3 Å². The van der Waals surface area contributed by atoms with E-state index in [0.29, 0.717) is 5.56 Å². The highest BCUT2D eigenvalue weighted by Gasteiger charge is 2.23. The Morgan fingerprint density at radius 1 is 1.17 bits per heavy atom. The number of ether oxygens (including phenoxy) is 2. The zero-order valence-corrected chi connectivity index (χ0v) is 18.3. The Bertz CT molecular complexity index is 1010. The highest BCUT2D eigenvalue weighted by molar-refractivity contribution is 7.89. The molecule has 6 nitrogen and oxygen atoms in total. The predicted octanol–water partition coefficient (Wildman–Crippen LogP) is 4.43. The van der Waals surface area contributed by atoms with Crippen LogP contribution in [0.2, 0.25) is 10.0 Å². The predicted molar refractivity (Wildman–Crippen MR) is 109 cm³/mol. The van der Waals surface area contributed by atoms with E-state index in [2.05, 4.69) is 4.72 Å². The van der Waals surface area contributed by atoms with Crippen LogP contribution in [0, 0.1) is 11.7 Å². The molecule has 29 heavy (non-hydrogen) atoms. The van der Waals surface area contributed by atoms with Gasteiger partial charge in [-0.1, -0.05) is 43.1 Å². The molecule has 0 saturated heterocycles. The molecule has 0 bridgehead atoms. The van der Waals surface area contributed by atoms with Crippen LogP contribution in [-0.4, -0.2) is 28.0 Å². The molecule has 2 aromatic carbocycles. The molecule has 0 aliphatic heterocycles. The van der Waals surface area contributed by atoms with Crippen LogP contribution in [0.25, 0.3) is 0 Å². The van der Waals surface area contributed by atoms with Crippen molar-refractivity contribution in [2.75, 3.05) is 13.7 Å². The molecule has 0 fully saturated rings. The first kappa shape index (κ1) is 23.4. The molecule has 0 atom stereocenters. The van der Waals surface area contributed by atoms with Gasteiger partial charge in [-0.2, -0.15) is 0 Å². The van der Waals surface area contributed by atoms with Crippen molar-refractivity contribution in [1.29, 1.82) is 0 Å². The second kappa shape index (κ2) is 9.75. The van der Waals surface area contributed by atoms with E-state index in [-0.39, 0.29) is 45.3 Å². The van der Waals surface area contributed by atoms with Crippen molar-refractivity contribution < 1.29 is 27.1 Å². The third kappa shape index (κ3) is 6.05. The molecule has 0 radical (unpaired) electrons. The largest absolute Gasteiger partial charge is 0.494 e. The van der Waals surface area contributed by atoms with E-state index in [1.807, 2.05) is 13.8 Å². The Hall–Kier alpha value is -1.87. The number of nitrogens with one attached hydrogen (secondary N) is 1. The van der Waals surface area contributed by atoms with Gasteiger partial charge < -0.3 is 9.47 Å². The summed E-state index contributed by atoms with van der Waals surface area (Å²) in [5.41, 5.74) is 0.211. The Kier molecular flexibility index (Phi) is 7.87. The molecule has 2 aromatic rings. The van der Waals surface area contributed by atoms with Crippen LogP contribution in [0.4, 0.5) is 4.39 Å². The molecule has 0 saturated carbocycles. The summed E-state index contributed by atoms with van der Waals surface area (Å²) in [6.45, 7) is 3.64. The first-order valence-electron chi connectivity index (χ1n) is 8.53. The molecular weight excluding hydrogens is 444 g/mol. The molecule has 0 spiro atoms. The monoisotopic (exact) mass is 463 g/mol. The van der Waals surface area contributed by atoms with E-state index in [1.165, 1.54) is 25.3 Å². The van der Waals surface area contributed by atoms with Gasteiger partial charge in [-0.05, 0) is 35.7 Å². The standard InChI is InChI=1S/C19H20Cl2FNO5S/c1-11(2)9-23-29(25,26)18-7-13(14(20)8-15(18)21)19(24)28-10-12-4-5-17(27-3)16(22)6-12/h4-8,11,23H,9-10H2,1-3H3. The molecule has 0 heterocycles. The van der Waals surface area contributed by atoms with Gasteiger partial charge in [0.05, 0.1) is 22.7 Å². The number of carbonyl (C=O) groups excluding carboxylic acids is 1. The van der Waals surface area contributed by atoms with E-state index in [9.17, 15) is 17.6 Å². The van der Waals surface area contributed by atoms with Crippen molar-refractivity contribution >= 4 is 39.2 Å². The average molecular weight is 464 g/mol. The van der Waals surface area contributed by atoms with Gasteiger partial charge in [-0.25, -0.2) is 22.3 Å². The van der Waals surface area contributed by atoms with E-state index in [1.54, 1.807) is 0 Å². The molecule has 1 N–H and O–H groups in total. The van der Waals surface area contributed by atoms with Gasteiger partial charge in [0.1, 0.15) is 11.5 Å². The summed E-state index contributed by atoms with van der Waals surface area (Å²) in [6, 6.07) is 6.32. The third-order valence-electron chi connectivity index (χ3n) is 3.80. The second-order valence-corrected chi connectivity index (χ2v) is 9.10. The normalized spacial score (nSPS) is 11.6. The fraction of sp³-hybridized carbons (Fsp3) is 0.316. The second-order valence-electron chi connectivity index (χ2n) is 6.55. The third-order valence-corrected chi connectivity index (χ3v) is 6.00. The van der Waals surface area contributed by atoms with Crippen molar-refractivity contribution in [2.24, 2.45) is 5.92 Å². The van der Waals surface area contributed by atoms with Crippen LogP contribution in [0.15, 0.2) is 35.2 Å². The minimum atomic E-state index is -3.95. The lowest BCUT2D eigenvalue weighted by Crippen LogP contribution is -2.28. The van der Waals surface area contributed by atoms with Crippen molar-refractivity contribution in [3.8, 4) is 5.75 Å². The number of carbonyl (C=O) groups is 1. The maximum Gasteiger partial charge on any atom is 0.340 e. The summed E-state index contributed by atoms with van der Waals surface area (Å²) in [7, 11) is -2.62.